The maximum absolute atomic E-state index is 5.85. The predicted molar refractivity (Wildman–Crippen MR) is 80.5 cm³/mol. The van der Waals surface area contributed by atoms with Gasteiger partial charge in [-0.15, -0.1) is 0 Å². The molecule has 0 bridgehead atoms. The third kappa shape index (κ3) is 3.65. The Morgan fingerprint density at radius 2 is 1.84 bits per heavy atom. The third-order valence-electron chi connectivity index (χ3n) is 2.93. The molecule has 0 aliphatic carbocycles. The zero-order valence-corrected chi connectivity index (χ0v) is 11.4. The highest BCUT2D eigenvalue weighted by molar-refractivity contribution is 5.61. The van der Waals surface area contributed by atoms with Gasteiger partial charge in [-0.25, -0.2) is 0 Å². The van der Waals surface area contributed by atoms with Crippen molar-refractivity contribution < 1.29 is 4.74 Å². The molecule has 0 unspecified atom stereocenters. The van der Waals surface area contributed by atoms with E-state index in [1.54, 1.807) is 0 Å². The van der Waals surface area contributed by atoms with Gasteiger partial charge in [-0.1, -0.05) is 29.8 Å². The molecule has 0 heterocycles. The SMILES string of the molecule is CCOc1cc(NCc2ccc(C)cc2)ccc1N. The van der Waals surface area contributed by atoms with E-state index in [1.807, 2.05) is 25.1 Å². The molecule has 3 heteroatoms. The van der Waals surface area contributed by atoms with Gasteiger partial charge in [-0.2, -0.15) is 0 Å². The van der Waals surface area contributed by atoms with Gasteiger partial charge in [0.2, 0.25) is 0 Å². The monoisotopic (exact) mass is 256 g/mol. The van der Waals surface area contributed by atoms with Crippen LogP contribution in [0.2, 0.25) is 0 Å². The maximum Gasteiger partial charge on any atom is 0.144 e. The molecule has 2 aromatic carbocycles. The number of anilines is 2. The Balaban J connectivity index is 2.03. The molecule has 100 valence electrons. The van der Waals surface area contributed by atoms with Crippen LogP contribution in [0.5, 0.6) is 5.75 Å². The van der Waals surface area contributed by atoms with Crippen LogP contribution >= 0.6 is 0 Å². The zero-order chi connectivity index (χ0) is 13.7. The fourth-order valence-electron chi connectivity index (χ4n) is 1.83. The number of ether oxygens (including phenoxy) is 1. The van der Waals surface area contributed by atoms with E-state index >= 15 is 0 Å². The van der Waals surface area contributed by atoms with E-state index in [4.69, 9.17) is 10.5 Å². The van der Waals surface area contributed by atoms with E-state index in [1.165, 1.54) is 11.1 Å². The van der Waals surface area contributed by atoms with Gasteiger partial charge < -0.3 is 15.8 Å². The average Bonchev–Trinajstić information content (AvgIpc) is 2.42. The second kappa shape index (κ2) is 6.14. The highest BCUT2D eigenvalue weighted by Gasteiger charge is 2.01. The molecule has 3 nitrogen and oxygen atoms in total. The number of hydrogen-bond acceptors (Lipinski definition) is 3. The van der Waals surface area contributed by atoms with E-state index in [0.29, 0.717) is 12.3 Å². The molecule has 2 aromatic rings. The molecule has 3 N–H and O–H groups in total. The van der Waals surface area contributed by atoms with Crippen LogP contribution in [0.25, 0.3) is 0 Å². The van der Waals surface area contributed by atoms with E-state index in [-0.39, 0.29) is 0 Å². The number of rotatable bonds is 5. The normalized spacial score (nSPS) is 10.2. The minimum absolute atomic E-state index is 0.617. The highest BCUT2D eigenvalue weighted by atomic mass is 16.5. The lowest BCUT2D eigenvalue weighted by atomic mass is 10.1. The second-order valence-corrected chi connectivity index (χ2v) is 4.52. The van der Waals surface area contributed by atoms with Crippen LogP contribution in [0.3, 0.4) is 0 Å². The van der Waals surface area contributed by atoms with Crippen LogP contribution < -0.4 is 15.8 Å². The lowest BCUT2D eigenvalue weighted by molar-refractivity contribution is 0.342. The zero-order valence-electron chi connectivity index (χ0n) is 11.4. The van der Waals surface area contributed by atoms with Crippen molar-refractivity contribution in [2.24, 2.45) is 0 Å². The standard InChI is InChI=1S/C16H20N2O/c1-3-19-16-10-14(8-9-15(16)17)18-11-13-6-4-12(2)5-7-13/h4-10,18H,3,11,17H2,1-2H3. The van der Waals surface area contributed by atoms with Gasteiger partial charge in [-0.05, 0) is 31.5 Å². The summed E-state index contributed by atoms with van der Waals surface area (Å²) in [6.07, 6.45) is 0. The summed E-state index contributed by atoms with van der Waals surface area (Å²) in [6.45, 7) is 5.44. The highest BCUT2D eigenvalue weighted by Crippen LogP contribution is 2.25. The van der Waals surface area contributed by atoms with Crippen molar-refractivity contribution in [1.29, 1.82) is 0 Å². The average molecular weight is 256 g/mol. The first-order valence-corrected chi connectivity index (χ1v) is 6.51. The maximum atomic E-state index is 5.85. The van der Waals surface area contributed by atoms with Gasteiger partial charge >= 0.3 is 0 Å². The number of benzene rings is 2. The van der Waals surface area contributed by atoms with Crippen LogP contribution in [-0.2, 0) is 6.54 Å². The fourth-order valence-corrected chi connectivity index (χ4v) is 1.83. The molecule has 2 rings (SSSR count). The number of aryl methyl sites for hydroxylation is 1. The Bertz CT molecular complexity index is 535. The molecular formula is C16H20N2O. The summed E-state index contributed by atoms with van der Waals surface area (Å²) in [7, 11) is 0. The van der Waals surface area contributed by atoms with Crippen molar-refractivity contribution in [2.75, 3.05) is 17.7 Å². The molecule has 19 heavy (non-hydrogen) atoms. The minimum Gasteiger partial charge on any atom is -0.492 e. The summed E-state index contributed by atoms with van der Waals surface area (Å²) in [5, 5.41) is 3.37. The molecule has 0 aromatic heterocycles. The molecule has 0 radical (unpaired) electrons. The Hall–Kier alpha value is -2.16. The van der Waals surface area contributed by atoms with Crippen molar-refractivity contribution in [3.63, 3.8) is 0 Å². The van der Waals surface area contributed by atoms with Gasteiger partial charge in [0.05, 0.1) is 12.3 Å². The van der Waals surface area contributed by atoms with Gasteiger partial charge in [0.25, 0.3) is 0 Å². The van der Waals surface area contributed by atoms with Crippen molar-refractivity contribution in [3.05, 3.63) is 53.6 Å². The summed E-state index contributed by atoms with van der Waals surface area (Å²) in [5.74, 6) is 0.733. The molecule has 0 aliphatic heterocycles. The summed E-state index contributed by atoms with van der Waals surface area (Å²) in [4.78, 5) is 0. The molecule has 0 atom stereocenters. The third-order valence-corrected chi connectivity index (χ3v) is 2.93. The molecule has 0 saturated carbocycles. The summed E-state index contributed by atoms with van der Waals surface area (Å²) in [6, 6.07) is 14.3. The molecule has 0 fully saturated rings. The van der Waals surface area contributed by atoms with Crippen molar-refractivity contribution >= 4 is 11.4 Å². The second-order valence-electron chi connectivity index (χ2n) is 4.52. The van der Waals surface area contributed by atoms with Crippen molar-refractivity contribution in [2.45, 2.75) is 20.4 Å². The molecule has 0 spiro atoms. The quantitative estimate of drug-likeness (QED) is 0.804. The van der Waals surface area contributed by atoms with Crippen LogP contribution in [0.4, 0.5) is 11.4 Å². The predicted octanol–water partition coefficient (Wildman–Crippen LogP) is 3.59. The van der Waals surface area contributed by atoms with Gasteiger partial charge in [0, 0.05) is 18.3 Å². The lowest BCUT2D eigenvalue weighted by Gasteiger charge is -2.11. The largest absolute Gasteiger partial charge is 0.492 e. The molecule has 0 saturated heterocycles. The first-order chi connectivity index (χ1) is 9.19. The topological polar surface area (TPSA) is 47.3 Å². The minimum atomic E-state index is 0.617. The summed E-state index contributed by atoms with van der Waals surface area (Å²) in [5.41, 5.74) is 10.1. The van der Waals surface area contributed by atoms with Crippen LogP contribution in [0, 0.1) is 6.92 Å². The first kappa shape index (κ1) is 13.3. The Labute approximate surface area is 114 Å². The molecule has 0 aliphatic rings. The van der Waals surface area contributed by atoms with Gasteiger partial charge in [0.1, 0.15) is 5.75 Å². The van der Waals surface area contributed by atoms with Crippen LogP contribution in [-0.4, -0.2) is 6.61 Å². The van der Waals surface area contributed by atoms with E-state index in [2.05, 4.69) is 36.5 Å². The number of nitrogens with one attached hydrogen (secondary N) is 1. The summed E-state index contributed by atoms with van der Waals surface area (Å²) >= 11 is 0. The summed E-state index contributed by atoms with van der Waals surface area (Å²) < 4.78 is 5.48. The van der Waals surface area contributed by atoms with E-state index < -0.39 is 0 Å². The molecular weight excluding hydrogens is 236 g/mol. The van der Waals surface area contributed by atoms with E-state index in [0.717, 1.165) is 18.0 Å². The van der Waals surface area contributed by atoms with Crippen molar-refractivity contribution in [1.82, 2.24) is 0 Å². The first-order valence-electron chi connectivity index (χ1n) is 6.51. The Kier molecular flexibility index (Phi) is 4.29. The Morgan fingerprint density at radius 3 is 2.53 bits per heavy atom. The number of nitrogens with two attached hydrogens (primary N) is 1. The van der Waals surface area contributed by atoms with Crippen LogP contribution in [0.15, 0.2) is 42.5 Å². The number of nitrogen functional groups attached to an aromatic ring is 1. The number of hydrogen-bond donors (Lipinski definition) is 2. The van der Waals surface area contributed by atoms with Gasteiger partial charge in [-0.3, -0.25) is 0 Å². The van der Waals surface area contributed by atoms with Crippen molar-refractivity contribution in [3.8, 4) is 5.75 Å². The van der Waals surface area contributed by atoms with Crippen LogP contribution in [0.1, 0.15) is 18.1 Å². The lowest BCUT2D eigenvalue weighted by Crippen LogP contribution is -2.02. The van der Waals surface area contributed by atoms with Gasteiger partial charge in [0.15, 0.2) is 0 Å². The smallest absolute Gasteiger partial charge is 0.144 e. The molecule has 0 amide bonds. The fraction of sp³-hybridized carbons (Fsp3) is 0.250. The Morgan fingerprint density at radius 1 is 1.11 bits per heavy atom. The van der Waals surface area contributed by atoms with E-state index in [9.17, 15) is 0 Å².